The maximum absolute atomic E-state index is 12.3. The van der Waals surface area contributed by atoms with E-state index in [0.717, 1.165) is 36.8 Å². The van der Waals surface area contributed by atoms with Crippen LogP contribution in [0.2, 0.25) is 0 Å². The first-order chi connectivity index (χ1) is 20.0. The summed E-state index contributed by atoms with van der Waals surface area (Å²) in [6.45, 7) is 2.87. The van der Waals surface area contributed by atoms with Crippen molar-refractivity contribution in [1.82, 2.24) is 5.32 Å². The lowest BCUT2D eigenvalue weighted by atomic mass is 10.0. The highest BCUT2D eigenvalue weighted by atomic mass is 16.5. The molecule has 1 aromatic rings. The zero-order valence-electron chi connectivity index (χ0n) is 25.7. The molecule has 1 aliphatic carbocycles. The second-order valence-corrected chi connectivity index (χ2v) is 11.6. The van der Waals surface area contributed by atoms with Crippen molar-refractivity contribution in [3.63, 3.8) is 0 Å². The van der Waals surface area contributed by atoms with Crippen LogP contribution < -0.4 is 10.1 Å². The van der Waals surface area contributed by atoms with Crippen molar-refractivity contribution in [3.05, 3.63) is 35.4 Å². The van der Waals surface area contributed by atoms with Crippen LogP contribution in [0.3, 0.4) is 0 Å². The zero-order valence-corrected chi connectivity index (χ0v) is 25.7. The molecule has 2 N–H and O–H groups in total. The van der Waals surface area contributed by atoms with Gasteiger partial charge in [-0.3, -0.25) is 14.4 Å². The van der Waals surface area contributed by atoms with Gasteiger partial charge in [0, 0.05) is 13.0 Å². The average molecular weight is 570 g/mol. The molecule has 0 bridgehead atoms. The van der Waals surface area contributed by atoms with Gasteiger partial charge in [0.15, 0.2) is 0 Å². The molecule has 0 heterocycles. The van der Waals surface area contributed by atoms with E-state index in [1.54, 1.807) is 6.07 Å². The van der Waals surface area contributed by atoms with E-state index >= 15 is 0 Å². The van der Waals surface area contributed by atoms with E-state index in [9.17, 15) is 14.4 Å². The minimum absolute atomic E-state index is 0.117. The van der Waals surface area contributed by atoms with Gasteiger partial charge in [-0.1, -0.05) is 122 Å². The van der Waals surface area contributed by atoms with Crippen LogP contribution >= 0.6 is 0 Å². The predicted molar refractivity (Wildman–Crippen MR) is 167 cm³/mol. The molecule has 0 aliphatic heterocycles. The summed E-state index contributed by atoms with van der Waals surface area (Å²) in [6.07, 6.45) is 26.6. The van der Waals surface area contributed by atoms with Crippen LogP contribution in [-0.2, 0) is 20.8 Å². The fourth-order valence-electron chi connectivity index (χ4n) is 5.50. The van der Waals surface area contributed by atoms with Crippen molar-refractivity contribution >= 4 is 23.4 Å². The highest BCUT2D eigenvalue weighted by Gasteiger charge is 2.16. The Morgan fingerprint density at radius 2 is 1.32 bits per heavy atom. The number of ether oxygens (including phenoxy) is 1. The number of nitrogens with one attached hydrogen (secondary N) is 1. The van der Waals surface area contributed by atoms with Gasteiger partial charge < -0.3 is 15.2 Å². The maximum Gasteiger partial charge on any atom is 0.311 e. The molecule has 6 nitrogen and oxygen atoms in total. The molecule has 230 valence electrons. The lowest BCUT2D eigenvalue weighted by Gasteiger charge is -2.10. The Morgan fingerprint density at radius 3 is 1.88 bits per heavy atom. The second-order valence-electron chi connectivity index (χ2n) is 11.6. The fraction of sp³-hybridized carbons (Fsp3) is 0.686. The van der Waals surface area contributed by atoms with Crippen LogP contribution in [0, 0.1) is 0 Å². The monoisotopic (exact) mass is 569 g/mol. The molecule has 0 unspecified atom stereocenters. The van der Waals surface area contributed by atoms with E-state index in [0.29, 0.717) is 18.7 Å². The molecule has 6 heteroatoms. The van der Waals surface area contributed by atoms with Crippen LogP contribution in [0.4, 0.5) is 0 Å². The van der Waals surface area contributed by atoms with Gasteiger partial charge in [0.05, 0.1) is 12.8 Å². The van der Waals surface area contributed by atoms with E-state index < -0.39 is 11.9 Å². The number of hydrogen-bond donors (Lipinski definition) is 2. The van der Waals surface area contributed by atoms with Crippen molar-refractivity contribution in [3.8, 4) is 5.75 Å². The molecule has 1 aromatic carbocycles. The number of allylic oxidation sites excluding steroid dienone is 1. The minimum Gasteiger partial charge on any atom is -0.481 e. The Balaban J connectivity index is 1.43. The Kier molecular flexibility index (Phi) is 18.6. The number of rotatable bonds is 25. The Bertz CT molecular complexity index is 938. The van der Waals surface area contributed by atoms with Crippen LogP contribution in [0.5, 0.6) is 5.75 Å². The van der Waals surface area contributed by atoms with Crippen molar-refractivity contribution in [2.24, 2.45) is 0 Å². The van der Waals surface area contributed by atoms with Crippen LogP contribution in [0.1, 0.15) is 153 Å². The summed E-state index contributed by atoms with van der Waals surface area (Å²) >= 11 is 0. The number of hydrogen-bond acceptors (Lipinski definition) is 4. The zero-order chi connectivity index (χ0) is 29.5. The van der Waals surface area contributed by atoms with Crippen molar-refractivity contribution in [1.29, 1.82) is 0 Å². The molecule has 0 aromatic heterocycles. The smallest absolute Gasteiger partial charge is 0.311 e. The standard InChI is InChI=1S/C35H55NO5/c1-2-3-4-5-6-7-8-9-10-11-12-13-14-15-16-17-18-19-33(37)36-27-26-30-21-20-29-22-23-31(28-32(29)30)41-35(40)25-24-34(38)39/h21-23,28H,2-20,24-27H2,1H3,(H,36,37)(H,38,39). The Labute approximate surface area is 248 Å². The molecule has 41 heavy (non-hydrogen) atoms. The van der Waals surface area contributed by atoms with Gasteiger partial charge in [0.2, 0.25) is 5.91 Å². The van der Waals surface area contributed by atoms with Crippen molar-refractivity contribution in [2.45, 2.75) is 148 Å². The first-order valence-corrected chi connectivity index (χ1v) is 16.5. The molecular weight excluding hydrogens is 514 g/mol. The normalized spacial score (nSPS) is 12.2. The van der Waals surface area contributed by atoms with Gasteiger partial charge >= 0.3 is 11.9 Å². The summed E-state index contributed by atoms with van der Waals surface area (Å²) in [5, 5.41) is 11.8. The molecular formula is C35H55NO5. The third-order valence-electron chi connectivity index (χ3n) is 7.99. The van der Waals surface area contributed by atoms with E-state index in [1.165, 1.54) is 102 Å². The summed E-state index contributed by atoms with van der Waals surface area (Å²) in [7, 11) is 0. The van der Waals surface area contributed by atoms with Gasteiger partial charge in [-0.15, -0.1) is 0 Å². The van der Waals surface area contributed by atoms with E-state index in [2.05, 4.69) is 18.3 Å². The van der Waals surface area contributed by atoms with Gasteiger partial charge in [-0.25, -0.2) is 0 Å². The molecule has 0 saturated carbocycles. The largest absolute Gasteiger partial charge is 0.481 e. The minimum atomic E-state index is -1.02. The Hall–Kier alpha value is -2.63. The van der Waals surface area contributed by atoms with Gasteiger partial charge in [0.1, 0.15) is 5.75 Å². The molecule has 1 aliphatic rings. The molecule has 1 amide bonds. The number of carbonyl (C=O) groups is 3. The van der Waals surface area contributed by atoms with Gasteiger partial charge in [0.25, 0.3) is 0 Å². The molecule has 0 spiro atoms. The first-order valence-electron chi connectivity index (χ1n) is 16.5. The highest BCUT2D eigenvalue weighted by Crippen LogP contribution is 2.32. The number of benzene rings is 1. The third-order valence-corrected chi connectivity index (χ3v) is 7.99. The lowest BCUT2D eigenvalue weighted by molar-refractivity contribution is -0.142. The second kappa shape index (κ2) is 22.0. The number of carboxylic acid groups (broad SMARTS) is 1. The summed E-state index contributed by atoms with van der Waals surface area (Å²) in [4.78, 5) is 34.8. The van der Waals surface area contributed by atoms with E-state index in [4.69, 9.17) is 9.84 Å². The van der Waals surface area contributed by atoms with Crippen LogP contribution in [0.25, 0.3) is 5.57 Å². The van der Waals surface area contributed by atoms with Crippen molar-refractivity contribution < 1.29 is 24.2 Å². The van der Waals surface area contributed by atoms with Crippen LogP contribution in [-0.4, -0.2) is 29.5 Å². The summed E-state index contributed by atoms with van der Waals surface area (Å²) in [5.41, 5.74) is 3.35. The number of amides is 1. The number of unbranched alkanes of at least 4 members (excludes halogenated alkanes) is 16. The van der Waals surface area contributed by atoms with Gasteiger partial charge in [-0.05, 0) is 48.1 Å². The highest BCUT2D eigenvalue weighted by molar-refractivity contribution is 5.80. The van der Waals surface area contributed by atoms with Crippen LogP contribution in [0.15, 0.2) is 24.3 Å². The molecule has 0 atom stereocenters. The number of carboxylic acids is 1. The molecule has 0 saturated heterocycles. The molecule has 0 radical (unpaired) electrons. The quantitative estimate of drug-likeness (QED) is 0.0696. The first kappa shape index (κ1) is 34.6. The summed E-state index contributed by atoms with van der Waals surface area (Å²) < 4.78 is 5.31. The van der Waals surface area contributed by atoms with Crippen molar-refractivity contribution in [2.75, 3.05) is 6.54 Å². The fourth-order valence-corrected chi connectivity index (χ4v) is 5.50. The SMILES string of the molecule is CCCCCCCCCCCCCCCCCCCC(=O)NCCC1=CCc2ccc(OC(=O)CCC(=O)O)cc21. The average Bonchev–Trinajstić information content (AvgIpc) is 3.35. The van der Waals surface area contributed by atoms with E-state index in [1.807, 2.05) is 12.1 Å². The van der Waals surface area contributed by atoms with Gasteiger partial charge in [-0.2, -0.15) is 0 Å². The predicted octanol–water partition coefficient (Wildman–Crippen LogP) is 8.94. The number of fused-ring (bicyclic) bond motifs is 1. The third kappa shape index (κ3) is 16.4. The lowest BCUT2D eigenvalue weighted by Crippen LogP contribution is -2.24. The summed E-state index contributed by atoms with van der Waals surface area (Å²) in [6, 6.07) is 5.52. The summed E-state index contributed by atoms with van der Waals surface area (Å²) in [5.74, 6) is -1.03. The number of carbonyl (C=O) groups excluding carboxylic acids is 2. The number of esters is 1. The topological polar surface area (TPSA) is 92.7 Å². The molecule has 0 fully saturated rings. The number of aliphatic carboxylic acids is 1. The van der Waals surface area contributed by atoms with E-state index in [-0.39, 0.29) is 18.7 Å². The maximum atomic E-state index is 12.3. The Morgan fingerprint density at radius 1 is 0.756 bits per heavy atom. The molecule has 2 rings (SSSR count).